The number of carbonyl (C=O) groups is 2. The zero-order chi connectivity index (χ0) is 19.4. The van der Waals surface area contributed by atoms with Crippen molar-refractivity contribution in [2.75, 3.05) is 7.05 Å². The van der Waals surface area contributed by atoms with Gasteiger partial charge in [0.1, 0.15) is 5.82 Å². The van der Waals surface area contributed by atoms with E-state index in [1.54, 1.807) is 55.1 Å². The second-order valence-electron chi connectivity index (χ2n) is 5.99. The van der Waals surface area contributed by atoms with Crippen LogP contribution in [0.1, 0.15) is 32.0 Å². The van der Waals surface area contributed by atoms with Crippen LogP contribution in [0.3, 0.4) is 0 Å². The van der Waals surface area contributed by atoms with Crippen LogP contribution in [0, 0.1) is 12.7 Å². The predicted molar refractivity (Wildman–Crippen MR) is 99.3 cm³/mol. The van der Waals surface area contributed by atoms with Gasteiger partial charge in [-0.2, -0.15) is 5.10 Å². The van der Waals surface area contributed by atoms with Gasteiger partial charge in [-0.25, -0.2) is 9.07 Å². The molecule has 138 valence electrons. The van der Waals surface area contributed by atoms with Crippen molar-refractivity contribution < 1.29 is 14.0 Å². The normalized spacial score (nSPS) is 10.5. The minimum Gasteiger partial charge on any atom is -0.355 e. The monoisotopic (exact) mass is 366 g/mol. The third-order valence-corrected chi connectivity index (χ3v) is 4.22. The molecule has 0 saturated heterocycles. The van der Waals surface area contributed by atoms with Crippen molar-refractivity contribution >= 4 is 11.8 Å². The molecule has 0 radical (unpaired) electrons. The molecule has 2 amide bonds. The summed E-state index contributed by atoms with van der Waals surface area (Å²) in [6.45, 7) is 2.11. The molecule has 3 rings (SSSR count). The van der Waals surface area contributed by atoms with Crippen molar-refractivity contribution in [3.05, 3.63) is 82.9 Å². The summed E-state index contributed by atoms with van der Waals surface area (Å²) in [6, 6.07) is 12.9. The van der Waals surface area contributed by atoms with Gasteiger partial charge in [0.05, 0.1) is 23.1 Å². The number of amides is 2. The van der Waals surface area contributed by atoms with Crippen molar-refractivity contribution in [2.45, 2.75) is 13.5 Å². The Morgan fingerprint density at radius 3 is 2.33 bits per heavy atom. The van der Waals surface area contributed by atoms with Crippen molar-refractivity contribution in [2.24, 2.45) is 0 Å². The molecule has 2 N–H and O–H groups in total. The topological polar surface area (TPSA) is 76.0 Å². The molecule has 0 spiro atoms. The zero-order valence-corrected chi connectivity index (χ0v) is 15.0. The van der Waals surface area contributed by atoms with Crippen molar-refractivity contribution in [3.8, 4) is 5.69 Å². The summed E-state index contributed by atoms with van der Waals surface area (Å²) in [7, 11) is 1.57. The minimum absolute atomic E-state index is 0.158. The highest BCUT2D eigenvalue weighted by Gasteiger charge is 2.15. The van der Waals surface area contributed by atoms with E-state index in [-0.39, 0.29) is 17.6 Å². The summed E-state index contributed by atoms with van der Waals surface area (Å²) in [5.74, 6) is -0.741. The lowest BCUT2D eigenvalue weighted by atomic mass is 10.1. The fraction of sp³-hybridized carbons (Fsp3) is 0.150. The van der Waals surface area contributed by atoms with E-state index < -0.39 is 0 Å². The number of rotatable bonds is 5. The Bertz CT molecular complexity index is 963. The molecule has 7 heteroatoms. The summed E-state index contributed by atoms with van der Waals surface area (Å²) in [5.41, 5.74) is 3.22. The van der Waals surface area contributed by atoms with Crippen LogP contribution in [0.2, 0.25) is 0 Å². The third kappa shape index (κ3) is 4.03. The van der Waals surface area contributed by atoms with Gasteiger partial charge in [0.2, 0.25) is 0 Å². The average Bonchev–Trinajstić information content (AvgIpc) is 3.08. The first-order valence-corrected chi connectivity index (χ1v) is 8.39. The quantitative estimate of drug-likeness (QED) is 0.729. The lowest BCUT2D eigenvalue weighted by Gasteiger charge is -2.07. The molecule has 6 nitrogen and oxygen atoms in total. The van der Waals surface area contributed by atoms with Crippen LogP contribution in [0.15, 0.2) is 54.7 Å². The Morgan fingerprint density at radius 1 is 1.04 bits per heavy atom. The average molecular weight is 366 g/mol. The molecule has 1 aromatic heterocycles. The molecule has 2 aromatic carbocycles. The molecule has 27 heavy (non-hydrogen) atoms. The van der Waals surface area contributed by atoms with Crippen molar-refractivity contribution in [1.29, 1.82) is 0 Å². The van der Waals surface area contributed by atoms with Crippen LogP contribution in [0.5, 0.6) is 0 Å². The Labute approximate surface area is 156 Å². The molecular weight excluding hydrogens is 347 g/mol. The predicted octanol–water partition coefficient (Wildman–Crippen LogP) is 2.61. The Morgan fingerprint density at radius 2 is 1.70 bits per heavy atom. The van der Waals surface area contributed by atoms with Gasteiger partial charge in [-0.3, -0.25) is 9.59 Å². The zero-order valence-electron chi connectivity index (χ0n) is 15.0. The molecule has 0 aliphatic rings. The number of nitrogens with one attached hydrogen (secondary N) is 2. The molecule has 0 atom stereocenters. The van der Waals surface area contributed by atoms with Gasteiger partial charge in [0.15, 0.2) is 0 Å². The van der Waals surface area contributed by atoms with E-state index in [2.05, 4.69) is 15.7 Å². The summed E-state index contributed by atoms with van der Waals surface area (Å²) in [5, 5.41) is 9.62. The highest BCUT2D eigenvalue weighted by Crippen LogP contribution is 2.15. The lowest BCUT2D eigenvalue weighted by Crippen LogP contribution is -2.23. The Kier molecular flexibility index (Phi) is 5.30. The molecule has 0 unspecified atom stereocenters. The number of hydrogen-bond donors (Lipinski definition) is 2. The van der Waals surface area contributed by atoms with Crippen molar-refractivity contribution in [1.82, 2.24) is 20.4 Å². The highest BCUT2D eigenvalue weighted by atomic mass is 19.1. The van der Waals surface area contributed by atoms with Gasteiger partial charge >= 0.3 is 0 Å². The number of hydrogen-bond acceptors (Lipinski definition) is 3. The smallest absolute Gasteiger partial charge is 0.255 e. The molecule has 0 saturated carbocycles. The first-order valence-electron chi connectivity index (χ1n) is 8.39. The summed E-state index contributed by atoms with van der Waals surface area (Å²) in [4.78, 5) is 24.0. The largest absolute Gasteiger partial charge is 0.355 e. The molecular formula is C20H19FN4O2. The Hall–Kier alpha value is -3.48. The van der Waals surface area contributed by atoms with Gasteiger partial charge in [0.25, 0.3) is 11.8 Å². The van der Waals surface area contributed by atoms with E-state index in [4.69, 9.17) is 0 Å². The van der Waals surface area contributed by atoms with Crippen LogP contribution >= 0.6 is 0 Å². The van der Waals surface area contributed by atoms with Gasteiger partial charge in [-0.15, -0.1) is 0 Å². The lowest BCUT2D eigenvalue weighted by molar-refractivity contribution is 0.0945. The first-order chi connectivity index (χ1) is 13.0. The van der Waals surface area contributed by atoms with Gasteiger partial charge < -0.3 is 10.6 Å². The van der Waals surface area contributed by atoms with Crippen LogP contribution in [-0.2, 0) is 6.54 Å². The molecule has 0 bridgehead atoms. The fourth-order valence-corrected chi connectivity index (χ4v) is 2.67. The van der Waals surface area contributed by atoms with Crippen LogP contribution < -0.4 is 10.6 Å². The van der Waals surface area contributed by atoms with Crippen LogP contribution in [0.4, 0.5) is 4.39 Å². The second kappa shape index (κ2) is 7.82. The maximum Gasteiger partial charge on any atom is 0.255 e. The van der Waals surface area contributed by atoms with E-state index in [9.17, 15) is 14.0 Å². The van der Waals surface area contributed by atoms with Crippen LogP contribution in [0.25, 0.3) is 5.69 Å². The van der Waals surface area contributed by atoms with E-state index >= 15 is 0 Å². The second-order valence-corrected chi connectivity index (χ2v) is 5.99. The molecule has 0 aliphatic carbocycles. The number of halogens is 1. The van der Waals surface area contributed by atoms with E-state index in [1.807, 2.05) is 0 Å². The first kappa shape index (κ1) is 18.3. The van der Waals surface area contributed by atoms with E-state index in [0.717, 1.165) is 5.56 Å². The van der Waals surface area contributed by atoms with Crippen molar-refractivity contribution in [3.63, 3.8) is 0 Å². The van der Waals surface area contributed by atoms with E-state index in [1.165, 1.54) is 18.3 Å². The SMILES string of the molecule is CNC(=O)c1ccc(CNC(=O)c2cnn(-c3ccc(F)cc3)c2C)cc1. The molecule has 0 aliphatic heterocycles. The van der Waals surface area contributed by atoms with Gasteiger partial charge in [0, 0.05) is 19.2 Å². The highest BCUT2D eigenvalue weighted by molar-refractivity contribution is 5.95. The molecule has 1 heterocycles. The molecule has 0 fully saturated rings. The van der Waals surface area contributed by atoms with E-state index in [0.29, 0.717) is 29.1 Å². The minimum atomic E-state index is -0.330. The number of benzene rings is 2. The van der Waals surface area contributed by atoms with Crippen LogP contribution in [-0.4, -0.2) is 28.6 Å². The van der Waals surface area contributed by atoms with Gasteiger partial charge in [-0.05, 0) is 48.9 Å². The number of carbonyl (C=O) groups excluding carboxylic acids is 2. The fourth-order valence-electron chi connectivity index (χ4n) is 2.67. The number of nitrogens with zero attached hydrogens (tertiary/aromatic N) is 2. The maximum absolute atomic E-state index is 13.1. The summed E-state index contributed by atoms with van der Waals surface area (Å²) >= 11 is 0. The number of aromatic nitrogens is 2. The van der Waals surface area contributed by atoms with Gasteiger partial charge in [-0.1, -0.05) is 12.1 Å². The third-order valence-electron chi connectivity index (χ3n) is 4.22. The Balaban J connectivity index is 1.68. The maximum atomic E-state index is 13.1. The summed E-state index contributed by atoms with van der Waals surface area (Å²) < 4.78 is 14.7. The standard InChI is InChI=1S/C20H19FN4O2/c1-13-18(12-24-25(13)17-9-7-16(21)8-10-17)20(27)23-11-14-3-5-15(6-4-14)19(26)22-2/h3-10,12H,11H2,1-2H3,(H,22,26)(H,23,27). The molecule has 3 aromatic rings. The summed E-state index contributed by atoms with van der Waals surface area (Å²) in [6.07, 6.45) is 1.49.